The summed E-state index contributed by atoms with van der Waals surface area (Å²) in [5, 5.41) is 1.12. The van der Waals surface area contributed by atoms with Crippen LogP contribution in [-0.4, -0.2) is 4.98 Å². The number of thiazole rings is 1. The minimum absolute atomic E-state index is 0.177. The average molecular weight is 196 g/mol. The van der Waals surface area contributed by atoms with E-state index in [4.69, 9.17) is 5.73 Å². The Morgan fingerprint density at radius 3 is 2.46 bits per heavy atom. The van der Waals surface area contributed by atoms with E-state index in [1.807, 2.05) is 0 Å². The summed E-state index contributed by atoms with van der Waals surface area (Å²) in [6.45, 7) is 6.28. The van der Waals surface area contributed by atoms with Crippen LogP contribution in [0.25, 0.3) is 0 Å². The van der Waals surface area contributed by atoms with Gasteiger partial charge in [-0.15, -0.1) is 11.3 Å². The van der Waals surface area contributed by atoms with Gasteiger partial charge in [-0.1, -0.05) is 0 Å². The second-order valence-corrected chi connectivity index (χ2v) is 5.42. The number of nitrogens with zero attached hydrogens (tertiary/aromatic N) is 1. The fourth-order valence-corrected chi connectivity index (χ4v) is 2.61. The van der Waals surface area contributed by atoms with Crippen LogP contribution in [0.15, 0.2) is 0 Å². The maximum atomic E-state index is 6.27. The zero-order valence-corrected chi connectivity index (χ0v) is 9.24. The van der Waals surface area contributed by atoms with Crippen LogP contribution in [0.4, 0.5) is 0 Å². The van der Waals surface area contributed by atoms with Crippen LogP contribution in [0, 0.1) is 19.8 Å². The van der Waals surface area contributed by atoms with Gasteiger partial charge in [-0.2, -0.15) is 0 Å². The quantitative estimate of drug-likeness (QED) is 0.788. The molecule has 0 amide bonds. The first-order chi connectivity index (χ1) is 6.01. The fraction of sp³-hybridized carbons (Fsp3) is 0.700. The summed E-state index contributed by atoms with van der Waals surface area (Å²) in [5.41, 5.74) is 7.23. The Morgan fingerprint density at radius 1 is 1.46 bits per heavy atom. The summed E-state index contributed by atoms with van der Waals surface area (Å²) >= 11 is 1.75. The lowest BCUT2D eigenvalue weighted by molar-refractivity contribution is 0.424. The molecule has 1 aliphatic rings. The van der Waals surface area contributed by atoms with Crippen LogP contribution in [0.2, 0.25) is 0 Å². The molecule has 1 heterocycles. The van der Waals surface area contributed by atoms with E-state index in [-0.39, 0.29) is 5.54 Å². The molecule has 0 aliphatic heterocycles. The van der Waals surface area contributed by atoms with E-state index in [0.717, 1.165) is 10.7 Å². The largest absolute Gasteiger partial charge is 0.319 e. The molecule has 0 aromatic carbocycles. The molecular weight excluding hydrogens is 180 g/mol. The van der Waals surface area contributed by atoms with Crippen LogP contribution in [0.1, 0.15) is 35.3 Å². The minimum Gasteiger partial charge on any atom is -0.319 e. The Bertz CT molecular complexity index is 304. The Balaban J connectivity index is 2.33. The lowest BCUT2D eigenvalue weighted by atomic mass is 9.99. The summed E-state index contributed by atoms with van der Waals surface area (Å²) in [6, 6.07) is 0. The maximum absolute atomic E-state index is 6.27. The SMILES string of the molecule is Cc1nc(C(C)(N)C2CC2)sc1C. The molecule has 13 heavy (non-hydrogen) atoms. The van der Waals surface area contributed by atoms with Gasteiger partial charge in [0.1, 0.15) is 5.01 Å². The molecule has 0 saturated heterocycles. The van der Waals surface area contributed by atoms with Crippen molar-refractivity contribution in [3.63, 3.8) is 0 Å². The van der Waals surface area contributed by atoms with Crippen molar-refractivity contribution in [1.82, 2.24) is 4.98 Å². The molecule has 1 fully saturated rings. The van der Waals surface area contributed by atoms with Crippen molar-refractivity contribution in [2.24, 2.45) is 11.7 Å². The van der Waals surface area contributed by atoms with E-state index >= 15 is 0 Å². The standard InChI is InChI=1S/C10H16N2S/c1-6-7(2)13-9(12-6)10(3,11)8-4-5-8/h8H,4-5,11H2,1-3H3. The zero-order chi connectivity index (χ0) is 9.64. The first kappa shape index (κ1) is 9.16. The average Bonchev–Trinajstić information content (AvgIpc) is 2.81. The molecule has 0 spiro atoms. The number of aromatic nitrogens is 1. The molecule has 1 unspecified atom stereocenters. The molecule has 1 aromatic rings. The highest BCUT2D eigenvalue weighted by atomic mass is 32.1. The first-order valence-corrected chi connectivity index (χ1v) is 5.57. The van der Waals surface area contributed by atoms with Crippen LogP contribution >= 0.6 is 11.3 Å². The van der Waals surface area contributed by atoms with E-state index in [1.54, 1.807) is 11.3 Å². The van der Waals surface area contributed by atoms with Crippen molar-refractivity contribution < 1.29 is 0 Å². The molecule has 1 aromatic heterocycles. The highest BCUT2D eigenvalue weighted by Gasteiger charge is 2.41. The van der Waals surface area contributed by atoms with Crippen molar-refractivity contribution in [1.29, 1.82) is 0 Å². The van der Waals surface area contributed by atoms with Crippen LogP contribution in [0.3, 0.4) is 0 Å². The lowest BCUT2D eigenvalue weighted by Crippen LogP contribution is -2.35. The molecule has 3 heteroatoms. The van der Waals surface area contributed by atoms with Gasteiger partial charge in [0.25, 0.3) is 0 Å². The number of rotatable bonds is 2. The van der Waals surface area contributed by atoms with Gasteiger partial charge in [-0.25, -0.2) is 4.98 Å². The predicted molar refractivity (Wildman–Crippen MR) is 55.9 cm³/mol. The Morgan fingerprint density at radius 2 is 2.08 bits per heavy atom. The number of nitrogens with two attached hydrogens (primary N) is 1. The molecule has 2 nitrogen and oxygen atoms in total. The van der Waals surface area contributed by atoms with Gasteiger partial charge in [0.05, 0.1) is 11.2 Å². The lowest BCUT2D eigenvalue weighted by Gasteiger charge is -2.20. The third-order valence-electron chi connectivity index (χ3n) is 2.91. The molecule has 0 radical (unpaired) electrons. The van der Waals surface area contributed by atoms with Crippen molar-refractivity contribution in [3.05, 3.63) is 15.6 Å². The normalized spacial score (nSPS) is 21.5. The van der Waals surface area contributed by atoms with Gasteiger partial charge in [-0.05, 0) is 39.5 Å². The fourth-order valence-electron chi connectivity index (χ4n) is 1.56. The second kappa shape index (κ2) is 2.79. The van der Waals surface area contributed by atoms with E-state index in [9.17, 15) is 0 Å². The molecular formula is C10H16N2S. The van der Waals surface area contributed by atoms with Crippen molar-refractivity contribution in [3.8, 4) is 0 Å². The summed E-state index contributed by atoms with van der Waals surface area (Å²) in [5.74, 6) is 0.664. The Kier molecular flexibility index (Phi) is 1.96. The van der Waals surface area contributed by atoms with E-state index in [2.05, 4.69) is 25.8 Å². The van der Waals surface area contributed by atoms with E-state index in [1.165, 1.54) is 17.7 Å². The molecule has 72 valence electrons. The monoisotopic (exact) mass is 196 g/mol. The highest BCUT2D eigenvalue weighted by Crippen LogP contribution is 2.44. The molecule has 0 bridgehead atoms. The molecule has 2 rings (SSSR count). The number of aryl methyl sites for hydroxylation is 2. The van der Waals surface area contributed by atoms with Gasteiger partial charge in [0, 0.05) is 4.88 Å². The van der Waals surface area contributed by atoms with Crippen molar-refractivity contribution in [2.75, 3.05) is 0 Å². The van der Waals surface area contributed by atoms with E-state index < -0.39 is 0 Å². The third-order valence-corrected chi connectivity index (χ3v) is 4.24. The molecule has 1 aliphatic carbocycles. The second-order valence-electron chi connectivity index (χ2n) is 4.22. The zero-order valence-electron chi connectivity index (χ0n) is 8.42. The van der Waals surface area contributed by atoms with E-state index in [0.29, 0.717) is 5.92 Å². The van der Waals surface area contributed by atoms with Crippen molar-refractivity contribution >= 4 is 11.3 Å². The van der Waals surface area contributed by atoms with Crippen LogP contribution < -0.4 is 5.73 Å². The number of hydrogen-bond acceptors (Lipinski definition) is 3. The minimum atomic E-state index is -0.177. The third kappa shape index (κ3) is 1.51. The van der Waals surface area contributed by atoms with Gasteiger partial charge < -0.3 is 5.73 Å². The predicted octanol–water partition coefficient (Wildman–Crippen LogP) is 2.34. The smallest absolute Gasteiger partial charge is 0.113 e. The Labute approximate surface area is 83.2 Å². The summed E-state index contributed by atoms with van der Waals surface area (Å²) in [7, 11) is 0. The Hall–Kier alpha value is -0.410. The summed E-state index contributed by atoms with van der Waals surface area (Å²) in [4.78, 5) is 5.84. The molecule has 2 N–H and O–H groups in total. The molecule has 1 atom stereocenters. The van der Waals surface area contributed by atoms with Crippen LogP contribution in [-0.2, 0) is 5.54 Å². The number of hydrogen-bond donors (Lipinski definition) is 1. The van der Waals surface area contributed by atoms with Crippen LogP contribution in [0.5, 0.6) is 0 Å². The highest BCUT2D eigenvalue weighted by molar-refractivity contribution is 7.11. The van der Waals surface area contributed by atoms with Crippen molar-refractivity contribution in [2.45, 2.75) is 39.2 Å². The first-order valence-electron chi connectivity index (χ1n) is 4.75. The summed E-state index contributed by atoms with van der Waals surface area (Å²) < 4.78 is 0. The molecule has 1 saturated carbocycles. The van der Waals surface area contributed by atoms with Gasteiger partial charge in [0.2, 0.25) is 0 Å². The maximum Gasteiger partial charge on any atom is 0.113 e. The summed E-state index contributed by atoms with van der Waals surface area (Å²) in [6.07, 6.45) is 2.54. The van der Waals surface area contributed by atoms with Gasteiger partial charge in [0.15, 0.2) is 0 Å². The van der Waals surface area contributed by atoms with Gasteiger partial charge in [-0.3, -0.25) is 0 Å². The van der Waals surface area contributed by atoms with Gasteiger partial charge >= 0.3 is 0 Å². The topological polar surface area (TPSA) is 38.9 Å².